The maximum Gasteiger partial charge on any atom is 0.243 e. The van der Waals surface area contributed by atoms with E-state index in [-0.39, 0.29) is 10.9 Å². The Morgan fingerprint density at radius 3 is 2.38 bits per heavy atom. The number of unbranched alkanes of at least 4 members (excludes halogenated alkanes) is 3. The van der Waals surface area contributed by atoms with Crippen molar-refractivity contribution in [2.75, 3.05) is 11.9 Å². The first-order chi connectivity index (χ1) is 9.99. The monoisotopic (exact) mass is 314 g/mol. The van der Waals surface area contributed by atoms with E-state index in [9.17, 15) is 8.42 Å². The van der Waals surface area contributed by atoms with Gasteiger partial charge in [-0.25, -0.2) is 23.1 Å². The summed E-state index contributed by atoms with van der Waals surface area (Å²) in [7, 11) is -3.54. The normalized spacial score (nSPS) is 13.1. The molecule has 0 saturated carbocycles. The van der Waals surface area contributed by atoms with Crippen molar-refractivity contribution in [3.8, 4) is 0 Å². The Balaban J connectivity index is 2.55. The third-order valence-electron chi connectivity index (χ3n) is 3.12. The topological polar surface area (TPSA) is 84.0 Å². The van der Waals surface area contributed by atoms with Crippen molar-refractivity contribution in [3.05, 3.63) is 12.4 Å². The van der Waals surface area contributed by atoms with Crippen LogP contribution in [0, 0.1) is 0 Å². The van der Waals surface area contributed by atoms with Crippen molar-refractivity contribution in [3.63, 3.8) is 0 Å². The smallest absolute Gasteiger partial charge is 0.243 e. The number of hydrogen-bond acceptors (Lipinski definition) is 5. The number of aromatic nitrogens is 2. The van der Waals surface area contributed by atoms with E-state index in [1.807, 2.05) is 13.8 Å². The van der Waals surface area contributed by atoms with Gasteiger partial charge in [-0.3, -0.25) is 0 Å². The van der Waals surface area contributed by atoms with Gasteiger partial charge < -0.3 is 5.32 Å². The molecular weight excluding hydrogens is 288 g/mol. The molecule has 7 heteroatoms. The molecule has 120 valence electrons. The Labute approximate surface area is 127 Å². The number of rotatable bonds is 10. The molecule has 1 atom stereocenters. The summed E-state index contributed by atoms with van der Waals surface area (Å²) in [6.45, 7) is 6.66. The summed E-state index contributed by atoms with van der Waals surface area (Å²) >= 11 is 0. The molecule has 1 aromatic rings. The van der Waals surface area contributed by atoms with Gasteiger partial charge in [0.1, 0.15) is 4.90 Å². The molecule has 0 aromatic carbocycles. The molecule has 1 aromatic heterocycles. The second-order valence-corrected chi connectivity index (χ2v) is 6.86. The molecule has 0 amide bonds. The number of nitrogens with one attached hydrogen (secondary N) is 2. The summed E-state index contributed by atoms with van der Waals surface area (Å²) in [5.41, 5.74) is 0. The molecule has 0 aliphatic carbocycles. The van der Waals surface area contributed by atoms with Gasteiger partial charge in [0.2, 0.25) is 16.0 Å². The molecule has 21 heavy (non-hydrogen) atoms. The average Bonchev–Trinajstić information content (AvgIpc) is 2.44. The van der Waals surface area contributed by atoms with Gasteiger partial charge in [0, 0.05) is 12.6 Å². The van der Waals surface area contributed by atoms with E-state index in [0.717, 1.165) is 19.3 Å². The van der Waals surface area contributed by atoms with E-state index in [1.54, 1.807) is 0 Å². The van der Waals surface area contributed by atoms with Crippen LogP contribution in [-0.2, 0) is 10.0 Å². The van der Waals surface area contributed by atoms with Crippen molar-refractivity contribution in [2.24, 2.45) is 0 Å². The second-order valence-electron chi connectivity index (χ2n) is 5.14. The fourth-order valence-electron chi connectivity index (χ4n) is 1.97. The molecule has 0 spiro atoms. The van der Waals surface area contributed by atoms with Gasteiger partial charge in [-0.05, 0) is 20.3 Å². The zero-order valence-electron chi connectivity index (χ0n) is 13.1. The van der Waals surface area contributed by atoms with Crippen molar-refractivity contribution in [1.29, 1.82) is 0 Å². The van der Waals surface area contributed by atoms with Crippen molar-refractivity contribution in [1.82, 2.24) is 14.7 Å². The first kappa shape index (κ1) is 17.8. The number of anilines is 1. The van der Waals surface area contributed by atoms with Gasteiger partial charge in [-0.2, -0.15) is 0 Å². The highest BCUT2D eigenvalue weighted by atomic mass is 32.2. The summed E-state index contributed by atoms with van der Waals surface area (Å²) in [6.07, 6.45) is 8.05. The molecule has 1 heterocycles. The van der Waals surface area contributed by atoms with Gasteiger partial charge in [0.25, 0.3) is 0 Å². The van der Waals surface area contributed by atoms with Crippen LogP contribution in [0.3, 0.4) is 0 Å². The minimum atomic E-state index is -3.54. The highest BCUT2D eigenvalue weighted by Gasteiger charge is 2.18. The first-order valence-electron chi connectivity index (χ1n) is 7.57. The zero-order valence-corrected chi connectivity index (χ0v) is 13.9. The molecule has 1 rings (SSSR count). The first-order valence-corrected chi connectivity index (χ1v) is 9.06. The summed E-state index contributed by atoms with van der Waals surface area (Å²) in [5.74, 6) is 0.434. The summed E-state index contributed by atoms with van der Waals surface area (Å²) in [6, 6.07) is -0.0831. The maximum absolute atomic E-state index is 12.2. The molecule has 6 nitrogen and oxygen atoms in total. The lowest BCUT2D eigenvalue weighted by molar-refractivity contribution is 0.521. The van der Waals surface area contributed by atoms with Gasteiger partial charge in [-0.15, -0.1) is 0 Å². The highest BCUT2D eigenvalue weighted by Crippen LogP contribution is 2.11. The van der Waals surface area contributed by atoms with Crippen LogP contribution in [0.4, 0.5) is 5.95 Å². The fourth-order valence-corrected chi connectivity index (χ4v) is 3.14. The predicted octanol–water partition coefficient (Wildman–Crippen LogP) is 2.55. The average molecular weight is 314 g/mol. The molecule has 0 saturated heterocycles. The van der Waals surface area contributed by atoms with E-state index in [4.69, 9.17) is 0 Å². The quantitative estimate of drug-likeness (QED) is 0.648. The highest BCUT2D eigenvalue weighted by molar-refractivity contribution is 7.89. The van der Waals surface area contributed by atoms with Crippen molar-refractivity contribution in [2.45, 2.75) is 63.8 Å². The number of nitrogens with zero attached hydrogens (tertiary/aromatic N) is 2. The minimum absolute atomic E-state index is 0.0831. The minimum Gasteiger partial charge on any atom is -0.355 e. The van der Waals surface area contributed by atoms with Crippen molar-refractivity contribution >= 4 is 16.0 Å². The van der Waals surface area contributed by atoms with Gasteiger partial charge in [0.05, 0.1) is 12.4 Å². The molecule has 1 unspecified atom stereocenters. The Kier molecular flexibility index (Phi) is 7.60. The predicted molar refractivity (Wildman–Crippen MR) is 84.7 cm³/mol. The van der Waals surface area contributed by atoms with E-state index in [0.29, 0.717) is 12.5 Å². The molecule has 0 radical (unpaired) electrons. The van der Waals surface area contributed by atoms with Crippen LogP contribution in [0.2, 0.25) is 0 Å². The SMILES string of the molecule is CCCCCCC(C)NS(=O)(=O)c1cnc(NCC)nc1. The molecule has 0 aliphatic rings. The van der Waals surface area contributed by atoms with Crippen LogP contribution < -0.4 is 10.0 Å². The summed E-state index contributed by atoms with van der Waals surface area (Å²) < 4.78 is 27.1. The largest absolute Gasteiger partial charge is 0.355 e. The number of hydrogen-bond donors (Lipinski definition) is 2. The maximum atomic E-state index is 12.2. The van der Waals surface area contributed by atoms with Crippen LogP contribution in [0.15, 0.2) is 17.3 Å². The van der Waals surface area contributed by atoms with Crippen LogP contribution in [0.25, 0.3) is 0 Å². The van der Waals surface area contributed by atoms with Crippen LogP contribution in [-0.4, -0.2) is 31.0 Å². The van der Waals surface area contributed by atoms with Crippen LogP contribution in [0.1, 0.15) is 52.9 Å². The number of sulfonamides is 1. The third kappa shape index (κ3) is 6.39. The third-order valence-corrected chi connectivity index (χ3v) is 4.66. The fraction of sp³-hybridized carbons (Fsp3) is 0.714. The van der Waals surface area contributed by atoms with Gasteiger partial charge >= 0.3 is 0 Å². The lowest BCUT2D eigenvalue weighted by atomic mass is 10.1. The molecule has 0 aliphatic heterocycles. The lowest BCUT2D eigenvalue weighted by Gasteiger charge is -2.14. The Bertz CT molecular complexity index is 502. The van der Waals surface area contributed by atoms with Crippen LogP contribution >= 0.6 is 0 Å². The van der Waals surface area contributed by atoms with Crippen LogP contribution in [0.5, 0.6) is 0 Å². The standard InChI is InChI=1S/C14H26N4O2S/c1-4-6-7-8-9-12(3)18-21(19,20)13-10-16-14(15-5-2)17-11-13/h10-12,18H,4-9H2,1-3H3,(H,15,16,17). The molecule has 2 N–H and O–H groups in total. The lowest BCUT2D eigenvalue weighted by Crippen LogP contribution is -2.32. The van der Waals surface area contributed by atoms with Gasteiger partial charge in [0.15, 0.2) is 0 Å². The van der Waals surface area contributed by atoms with Gasteiger partial charge in [-0.1, -0.05) is 32.6 Å². The zero-order chi connectivity index (χ0) is 15.7. The van der Waals surface area contributed by atoms with Crippen molar-refractivity contribution < 1.29 is 8.42 Å². The molecular formula is C14H26N4O2S. The van der Waals surface area contributed by atoms with E-state index in [1.165, 1.54) is 25.2 Å². The summed E-state index contributed by atoms with van der Waals surface area (Å²) in [5, 5.41) is 2.93. The second kappa shape index (κ2) is 8.94. The van der Waals surface area contributed by atoms with E-state index >= 15 is 0 Å². The Morgan fingerprint density at radius 1 is 1.14 bits per heavy atom. The molecule has 0 bridgehead atoms. The Hall–Kier alpha value is -1.21. The van der Waals surface area contributed by atoms with E-state index in [2.05, 4.69) is 26.9 Å². The summed E-state index contributed by atoms with van der Waals surface area (Å²) in [4.78, 5) is 8.08. The molecule has 0 fully saturated rings. The Morgan fingerprint density at radius 2 is 1.81 bits per heavy atom. The van der Waals surface area contributed by atoms with E-state index < -0.39 is 10.0 Å².